The van der Waals surface area contributed by atoms with Gasteiger partial charge in [-0.3, -0.25) is 9.48 Å². The Kier molecular flexibility index (Phi) is 3.72. The first-order valence-corrected chi connectivity index (χ1v) is 7.18. The zero-order valence-corrected chi connectivity index (χ0v) is 13.4. The van der Waals surface area contributed by atoms with E-state index in [0.717, 1.165) is 0 Å². The monoisotopic (exact) mass is 325 g/mol. The van der Waals surface area contributed by atoms with E-state index in [1.165, 1.54) is 18.3 Å². The van der Waals surface area contributed by atoms with E-state index in [9.17, 15) is 9.59 Å². The summed E-state index contributed by atoms with van der Waals surface area (Å²) >= 11 is 0. The molecule has 0 spiro atoms. The number of rotatable bonds is 3. The van der Waals surface area contributed by atoms with Gasteiger partial charge in [-0.2, -0.15) is 5.10 Å². The van der Waals surface area contributed by atoms with Gasteiger partial charge >= 0.3 is 5.97 Å². The number of carbonyl (C=O) groups excluding carboxylic acids is 1. The van der Waals surface area contributed by atoms with Crippen molar-refractivity contribution in [1.29, 1.82) is 0 Å². The Morgan fingerprint density at radius 1 is 1.25 bits per heavy atom. The van der Waals surface area contributed by atoms with Crippen LogP contribution >= 0.6 is 0 Å². The lowest BCUT2D eigenvalue weighted by Crippen LogP contribution is -2.14. The Morgan fingerprint density at radius 2 is 2.00 bits per heavy atom. The van der Waals surface area contributed by atoms with Crippen LogP contribution in [0.3, 0.4) is 0 Å². The Balaban J connectivity index is 1.98. The predicted octanol–water partition coefficient (Wildman–Crippen LogP) is 1.93. The summed E-state index contributed by atoms with van der Waals surface area (Å²) in [7, 11) is 1.77. The van der Waals surface area contributed by atoms with Crippen LogP contribution in [0.5, 0.6) is 0 Å². The minimum atomic E-state index is -1.07. The summed E-state index contributed by atoms with van der Waals surface area (Å²) in [6.07, 6.45) is 1.20. The number of amides is 1. The number of carboxylic acid groups (broad SMARTS) is 1. The van der Waals surface area contributed by atoms with E-state index < -0.39 is 5.97 Å². The van der Waals surface area contributed by atoms with Crippen molar-refractivity contribution in [3.8, 4) is 0 Å². The minimum absolute atomic E-state index is 0.0539. The standard InChI is InChI=1S/C16H15N5O3/c1-8-6-11(13-9(2)20-21(3)14(13)18-8)15(22)19-12-5-4-10(7-17-12)16(23)24/h4-7H,1-3H3,(H,23,24)(H,17,19,22). The van der Waals surface area contributed by atoms with Crippen LogP contribution in [0.15, 0.2) is 24.4 Å². The van der Waals surface area contributed by atoms with Crippen LogP contribution in [-0.4, -0.2) is 36.7 Å². The summed E-state index contributed by atoms with van der Waals surface area (Å²) in [4.78, 5) is 31.8. The summed E-state index contributed by atoms with van der Waals surface area (Å²) in [6.45, 7) is 3.62. The summed E-state index contributed by atoms with van der Waals surface area (Å²) < 4.78 is 1.63. The number of nitrogens with one attached hydrogen (secondary N) is 1. The van der Waals surface area contributed by atoms with Crippen molar-refractivity contribution in [2.24, 2.45) is 7.05 Å². The highest BCUT2D eigenvalue weighted by molar-refractivity contribution is 6.12. The Labute approximate surface area is 137 Å². The quantitative estimate of drug-likeness (QED) is 0.761. The van der Waals surface area contributed by atoms with Gasteiger partial charge in [0.25, 0.3) is 5.91 Å². The molecule has 1 amide bonds. The van der Waals surface area contributed by atoms with Gasteiger partial charge in [-0.05, 0) is 32.0 Å². The van der Waals surface area contributed by atoms with Gasteiger partial charge in [-0.25, -0.2) is 14.8 Å². The Hall–Kier alpha value is -3.29. The summed E-state index contributed by atoms with van der Waals surface area (Å²) in [5.74, 6) is -1.15. The first-order chi connectivity index (χ1) is 11.4. The molecule has 3 heterocycles. The lowest BCUT2D eigenvalue weighted by atomic mass is 10.1. The van der Waals surface area contributed by atoms with Gasteiger partial charge in [0.2, 0.25) is 0 Å². The van der Waals surface area contributed by atoms with Crippen LogP contribution in [0.4, 0.5) is 5.82 Å². The molecule has 3 rings (SSSR count). The number of fused-ring (bicyclic) bond motifs is 1. The molecule has 0 fully saturated rings. The lowest BCUT2D eigenvalue weighted by Gasteiger charge is -2.07. The predicted molar refractivity (Wildman–Crippen MR) is 87.1 cm³/mol. The largest absolute Gasteiger partial charge is 0.478 e. The van der Waals surface area contributed by atoms with Gasteiger partial charge in [-0.15, -0.1) is 0 Å². The third-order valence-corrected chi connectivity index (χ3v) is 3.59. The molecule has 122 valence electrons. The smallest absolute Gasteiger partial charge is 0.337 e. The van der Waals surface area contributed by atoms with E-state index in [1.54, 1.807) is 24.7 Å². The van der Waals surface area contributed by atoms with Crippen molar-refractivity contribution in [2.45, 2.75) is 13.8 Å². The second kappa shape index (κ2) is 5.73. The molecule has 0 atom stereocenters. The van der Waals surface area contributed by atoms with Crippen LogP contribution in [-0.2, 0) is 7.05 Å². The van der Waals surface area contributed by atoms with Crippen LogP contribution in [0.1, 0.15) is 32.1 Å². The zero-order chi connectivity index (χ0) is 17.4. The zero-order valence-electron chi connectivity index (χ0n) is 13.4. The van der Waals surface area contributed by atoms with Crippen molar-refractivity contribution in [1.82, 2.24) is 19.7 Å². The number of aromatic carboxylic acids is 1. The molecule has 8 nitrogen and oxygen atoms in total. The first-order valence-electron chi connectivity index (χ1n) is 7.18. The molecule has 0 radical (unpaired) electrons. The number of anilines is 1. The number of carbonyl (C=O) groups is 2. The number of hydrogen-bond donors (Lipinski definition) is 2. The molecular formula is C16H15N5O3. The summed E-state index contributed by atoms with van der Waals surface area (Å²) in [5, 5.41) is 16.5. The SMILES string of the molecule is Cc1cc(C(=O)Nc2ccc(C(=O)O)cn2)c2c(C)nn(C)c2n1. The van der Waals surface area contributed by atoms with Gasteiger partial charge in [0.15, 0.2) is 5.65 Å². The van der Waals surface area contributed by atoms with E-state index in [-0.39, 0.29) is 17.3 Å². The topological polar surface area (TPSA) is 110 Å². The molecule has 0 saturated carbocycles. The molecule has 2 N–H and O–H groups in total. The van der Waals surface area contributed by atoms with Crippen molar-refractivity contribution < 1.29 is 14.7 Å². The summed E-state index contributed by atoms with van der Waals surface area (Å²) in [6, 6.07) is 4.52. The van der Waals surface area contributed by atoms with E-state index in [4.69, 9.17) is 5.11 Å². The van der Waals surface area contributed by atoms with Gasteiger partial charge in [-0.1, -0.05) is 0 Å². The molecule has 3 aromatic rings. The maximum atomic E-state index is 12.6. The Bertz CT molecular complexity index is 960. The molecule has 0 aliphatic carbocycles. The van der Waals surface area contributed by atoms with E-state index in [2.05, 4.69) is 20.4 Å². The van der Waals surface area contributed by atoms with Gasteiger partial charge in [0.1, 0.15) is 5.82 Å². The second-order valence-corrected chi connectivity index (χ2v) is 5.41. The fourth-order valence-corrected chi connectivity index (χ4v) is 2.53. The fourth-order valence-electron chi connectivity index (χ4n) is 2.53. The fraction of sp³-hybridized carbons (Fsp3) is 0.188. The molecular weight excluding hydrogens is 310 g/mol. The van der Waals surface area contributed by atoms with Crippen molar-refractivity contribution >= 4 is 28.7 Å². The molecule has 0 aliphatic heterocycles. The van der Waals surface area contributed by atoms with Crippen LogP contribution in [0, 0.1) is 13.8 Å². The molecule has 0 saturated heterocycles. The van der Waals surface area contributed by atoms with E-state index in [1.807, 2.05) is 6.92 Å². The van der Waals surface area contributed by atoms with Crippen LogP contribution in [0.25, 0.3) is 11.0 Å². The molecule has 0 bridgehead atoms. The van der Waals surface area contributed by atoms with Gasteiger partial charge < -0.3 is 10.4 Å². The third kappa shape index (κ3) is 2.69. The van der Waals surface area contributed by atoms with Crippen molar-refractivity contribution in [2.75, 3.05) is 5.32 Å². The number of nitrogens with zero attached hydrogens (tertiary/aromatic N) is 4. The number of pyridine rings is 2. The third-order valence-electron chi connectivity index (χ3n) is 3.59. The molecule has 3 aromatic heterocycles. The molecule has 24 heavy (non-hydrogen) atoms. The van der Waals surface area contributed by atoms with Gasteiger partial charge in [0.05, 0.1) is 22.2 Å². The van der Waals surface area contributed by atoms with Crippen LogP contribution in [0.2, 0.25) is 0 Å². The molecule has 0 unspecified atom stereocenters. The first kappa shape index (κ1) is 15.6. The van der Waals surface area contributed by atoms with Crippen molar-refractivity contribution in [3.05, 3.63) is 46.9 Å². The molecule has 8 heteroatoms. The molecule has 0 aromatic carbocycles. The summed E-state index contributed by atoms with van der Waals surface area (Å²) in [5.41, 5.74) is 2.54. The normalized spacial score (nSPS) is 10.8. The van der Waals surface area contributed by atoms with Crippen LogP contribution < -0.4 is 5.32 Å². The van der Waals surface area contributed by atoms with E-state index >= 15 is 0 Å². The number of aryl methyl sites for hydroxylation is 3. The highest BCUT2D eigenvalue weighted by Crippen LogP contribution is 2.22. The Morgan fingerprint density at radius 3 is 2.62 bits per heavy atom. The average molecular weight is 325 g/mol. The number of hydrogen-bond acceptors (Lipinski definition) is 5. The second-order valence-electron chi connectivity index (χ2n) is 5.41. The van der Waals surface area contributed by atoms with Crippen molar-refractivity contribution in [3.63, 3.8) is 0 Å². The lowest BCUT2D eigenvalue weighted by molar-refractivity contribution is 0.0696. The highest BCUT2D eigenvalue weighted by atomic mass is 16.4. The van der Waals surface area contributed by atoms with Gasteiger partial charge in [0, 0.05) is 18.9 Å². The average Bonchev–Trinajstić information content (AvgIpc) is 2.81. The molecule has 0 aliphatic rings. The minimum Gasteiger partial charge on any atom is -0.478 e. The van der Waals surface area contributed by atoms with E-state index in [0.29, 0.717) is 28.0 Å². The number of carboxylic acids is 1. The number of aromatic nitrogens is 4. The maximum Gasteiger partial charge on any atom is 0.337 e. The maximum absolute atomic E-state index is 12.6. The highest BCUT2D eigenvalue weighted by Gasteiger charge is 2.18.